The van der Waals surface area contributed by atoms with Gasteiger partial charge >= 0.3 is 0 Å². The first-order valence-corrected chi connectivity index (χ1v) is 9.23. The molecule has 2 rings (SSSR count). The molecule has 5 nitrogen and oxygen atoms in total. The molecule has 124 valence electrons. The van der Waals surface area contributed by atoms with Crippen LogP contribution in [0.2, 0.25) is 0 Å². The van der Waals surface area contributed by atoms with Gasteiger partial charge in [0.1, 0.15) is 10.6 Å². The van der Waals surface area contributed by atoms with E-state index in [0.717, 1.165) is 30.5 Å². The molecule has 0 saturated carbocycles. The molecule has 1 fully saturated rings. The monoisotopic (exact) mass is 326 g/mol. The van der Waals surface area contributed by atoms with E-state index in [4.69, 9.17) is 4.74 Å². The number of nitrogens with zero attached hydrogens (tertiary/aromatic N) is 1. The third kappa shape index (κ3) is 3.29. The Morgan fingerprint density at radius 2 is 2.09 bits per heavy atom. The van der Waals surface area contributed by atoms with Crippen LogP contribution < -0.4 is 10.1 Å². The van der Waals surface area contributed by atoms with Gasteiger partial charge in [0.05, 0.1) is 7.11 Å². The second-order valence-corrected chi connectivity index (χ2v) is 7.73. The van der Waals surface area contributed by atoms with Crippen LogP contribution in [0.15, 0.2) is 17.0 Å². The molecule has 1 aromatic carbocycles. The Balaban J connectivity index is 2.51. The number of sulfonamides is 1. The number of hydrogen-bond acceptors (Lipinski definition) is 4. The van der Waals surface area contributed by atoms with Gasteiger partial charge in [-0.3, -0.25) is 0 Å². The first-order valence-electron chi connectivity index (χ1n) is 7.79. The number of nitrogens with one attached hydrogen (secondary N) is 1. The summed E-state index contributed by atoms with van der Waals surface area (Å²) in [6.45, 7) is 7.91. The van der Waals surface area contributed by atoms with Crippen molar-refractivity contribution in [1.29, 1.82) is 0 Å². The SMILES string of the molecule is CCCN(C1CCNC1)S(=O)(=O)c1cc(C)cc(C)c1OC. The lowest BCUT2D eigenvalue weighted by Crippen LogP contribution is -2.42. The van der Waals surface area contributed by atoms with Gasteiger partial charge in [0.2, 0.25) is 10.0 Å². The highest BCUT2D eigenvalue weighted by Gasteiger charge is 2.34. The maximum atomic E-state index is 13.2. The van der Waals surface area contributed by atoms with Gasteiger partial charge in [0, 0.05) is 19.1 Å². The minimum atomic E-state index is -3.57. The van der Waals surface area contributed by atoms with Crippen molar-refractivity contribution >= 4 is 10.0 Å². The van der Waals surface area contributed by atoms with Crippen LogP contribution in [-0.4, -0.2) is 45.5 Å². The van der Waals surface area contributed by atoms with Gasteiger partial charge in [-0.15, -0.1) is 0 Å². The molecule has 1 aliphatic heterocycles. The van der Waals surface area contributed by atoms with Gasteiger partial charge < -0.3 is 10.1 Å². The average molecular weight is 326 g/mol. The molecule has 1 unspecified atom stereocenters. The summed E-state index contributed by atoms with van der Waals surface area (Å²) in [6, 6.07) is 3.68. The van der Waals surface area contributed by atoms with Crippen molar-refractivity contribution in [1.82, 2.24) is 9.62 Å². The Morgan fingerprint density at radius 3 is 2.64 bits per heavy atom. The lowest BCUT2D eigenvalue weighted by molar-refractivity contribution is 0.331. The first-order chi connectivity index (χ1) is 10.4. The Hall–Kier alpha value is -1.11. The molecule has 0 radical (unpaired) electrons. The summed E-state index contributed by atoms with van der Waals surface area (Å²) in [5.74, 6) is 0.456. The lowest BCUT2D eigenvalue weighted by atomic mass is 10.1. The third-order valence-electron chi connectivity index (χ3n) is 4.06. The predicted molar refractivity (Wildman–Crippen MR) is 87.9 cm³/mol. The minimum Gasteiger partial charge on any atom is -0.495 e. The van der Waals surface area contributed by atoms with Gasteiger partial charge in [0.15, 0.2) is 0 Å². The van der Waals surface area contributed by atoms with Gasteiger partial charge in [-0.05, 0) is 50.4 Å². The highest BCUT2D eigenvalue weighted by molar-refractivity contribution is 7.89. The van der Waals surface area contributed by atoms with E-state index in [-0.39, 0.29) is 10.9 Å². The molecule has 22 heavy (non-hydrogen) atoms. The fourth-order valence-electron chi connectivity index (χ4n) is 3.10. The number of aryl methyl sites for hydroxylation is 2. The van der Waals surface area contributed by atoms with Crippen molar-refractivity contribution in [2.45, 2.75) is 44.6 Å². The van der Waals surface area contributed by atoms with E-state index in [2.05, 4.69) is 5.32 Å². The maximum Gasteiger partial charge on any atom is 0.247 e. The Labute approximate surface area is 133 Å². The standard InChI is InChI=1S/C16H26N2O3S/c1-5-8-18(14-6-7-17-11-14)22(19,20)15-10-12(2)9-13(3)16(15)21-4/h9-10,14,17H,5-8,11H2,1-4H3. The summed E-state index contributed by atoms with van der Waals surface area (Å²) in [5, 5.41) is 3.25. The van der Waals surface area contributed by atoms with E-state index in [9.17, 15) is 8.42 Å². The van der Waals surface area contributed by atoms with Crippen molar-refractivity contribution in [3.05, 3.63) is 23.3 Å². The molecular weight excluding hydrogens is 300 g/mol. The van der Waals surface area contributed by atoms with E-state index in [1.54, 1.807) is 10.4 Å². The summed E-state index contributed by atoms with van der Waals surface area (Å²) < 4.78 is 33.5. The maximum absolute atomic E-state index is 13.2. The third-order valence-corrected chi connectivity index (χ3v) is 6.02. The quantitative estimate of drug-likeness (QED) is 0.869. The summed E-state index contributed by atoms with van der Waals surface area (Å²) in [4.78, 5) is 0.285. The Bertz CT molecular complexity index is 623. The van der Waals surface area contributed by atoms with Gasteiger partial charge in [-0.1, -0.05) is 13.0 Å². The largest absolute Gasteiger partial charge is 0.495 e. The molecule has 0 aromatic heterocycles. The van der Waals surface area contributed by atoms with Crippen LogP contribution in [0.4, 0.5) is 0 Å². The lowest BCUT2D eigenvalue weighted by Gasteiger charge is -2.28. The fraction of sp³-hybridized carbons (Fsp3) is 0.625. The zero-order valence-electron chi connectivity index (χ0n) is 13.8. The molecular formula is C16H26N2O3S. The minimum absolute atomic E-state index is 0.0236. The summed E-state index contributed by atoms with van der Waals surface area (Å²) in [7, 11) is -2.04. The van der Waals surface area contributed by atoms with Crippen LogP contribution in [0, 0.1) is 13.8 Å². The first kappa shape index (κ1) is 17.2. The smallest absolute Gasteiger partial charge is 0.247 e. The highest BCUT2D eigenvalue weighted by Crippen LogP contribution is 2.32. The van der Waals surface area contributed by atoms with Crippen molar-refractivity contribution in [3.63, 3.8) is 0 Å². The van der Waals surface area contributed by atoms with Crippen LogP contribution in [0.3, 0.4) is 0 Å². The van der Waals surface area contributed by atoms with Crippen molar-refractivity contribution < 1.29 is 13.2 Å². The summed E-state index contributed by atoms with van der Waals surface area (Å²) >= 11 is 0. The van der Waals surface area contributed by atoms with Crippen molar-refractivity contribution in [2.75, 3.05) is 26.7 Å². The molecule has 6 heteroatoms. The Kier molecular flexibility index (Phi) is 5.47. The van der Waals surface area contributed by atoms with Crippen LogP contribution in [0.25, 0.3) is 0 Å². The van der Waals surface area contributed by atoms with Gasteiger partial charge in [-0.25, -0.2) is 8.42 Å². The molecule has 1 saturated heterocycles. The van der Waals surface area contributed by atoms with Gasteiger partial charge in [0.25, 0.3) is 0 Å². The topological polar surface area (TPSA) is 58.6 Å². The number of benzene rings is 1. The zero-order chi connectivity index (χ0) is 16.3. The summed E-state index contributed by atoms with van der Waals surface area (Å²) in [5.41, 5.74) is 1.78. The summed E-state index contributed by atoms with van der Waals surface area (Å²) in [6.07, 6.45) is 1.65. The van der Waals surface area contributed by atoms with Crippen molar-refractivity contribution in [3.8, 4) is 5.75 Å². The molecule has 1 N–H and O–H groups in total. The molecule has 1 heterocycles. The highest BCUT2D eigenvalue weighted by atomic mass is 32.2. The van der Waals surface area contributed by atoms with Crippen LogP contribution >= 0.6 is 0 Å². The molecule has 0 aliphatic carbocycles. The number of hydrogen-bond donors (Lipinski definition) is 1. The van der Waals surface area contributed by atoms with Crippen LogP contribution in [0.1, 0.15) is 30.9 Å². The van der Waals surface area contributed by atoms with Crippen LogP contribution in [-0.2, 0) is 10.0 Å². The van der Waals surface area contributed by atoms with Crippen molar-refractivity contribution in [2.24, 2.45) is 0 Å². The van der Waals surface area contributed by atoms with E-state index in [1.165, 1.54) is 7.11 Å². The molecule has 1 atom stereocenters. The second kappa shape index (κ2) is 6.98. The molecule has 0 amide bonds. The van der Waals surface area contributed by atoms with Crippen LogP contribution in [0.5, 0.6) is 5.75 Å². The van der Waals surface area contributed by atoms with E-state index < -0.39 is 10.0 Å². The molecule has 1 aliphatic rings. The van der Waals surface area contributed by atoms with E-state index in [1.807, 2.05) is 26.8 Å². The number of rotatable bonds is 6. The molecule has 1 aromatic rings. The van der Waals surface area contributed by atoms with Gasteiger partial charge in [-0.2, -0.15) is 4.31 Å². The number of methoxy groups -OCH3 is 1. The average Bonchev–Trinajstić information content (AvgIpc) is 2.97. The van der Waals surface area contributed by atoms with E-state index >= 15 is 0 Å². The molecule has 0 bridgehead atoms. The fourth-order valence-corrected chi connectivity index (χ4v) is 5.16. The Morgan fingerprint density at radius 1 is 1.36 bits per heavy atom. The van der Waals surface area contributed by atoms with E-state index in [0.29, 0.717) is 18.8 Å². The second-order valence-electron chi connectivity index (χ2n) is 5.88. The predicted octanol–water partition coefficient (Wildman–Crippen LogP) is 2.07. The normalized spacial score (nSPS) is 18.9. The number of ether oxygens (including phenoxy) is 1. The molecule has 0 spiro atoms. The zero-order valence-corrected chi connectivity index (χ0v) is 14.7.